The molecule has 3 heteroatoms. The van der Waals surface area contributed by atoms with Crippen molar-refractivity contribution in [2.24, 2.45) is 0 Å². The van der Waals surface area contributed by atoms with Crippen molar-refractivity contribution in [3.63, 3.8) is 0 Å². The number of rotatable bonds is 3. The van der Waals surface area contributed by atoms with E-state index in [0.717, 1.165) is 25.7 Å². The Morgan fingerprint density at radius 1 is 1.22 bits per heavy atom. The van der Waals surface area contributed by atoms with E-state index in [0.29, 0.717) is 5.56 Å². The Hall–Kier alpha value is -1.77. The first-order valence-corrected chi connectivity index (χ1v) is 6.42. The number of hydrogen-bond acceptors (Lipinski definition) is 3. The van der Waals surface area contributed by atoms with Crippen molar-refractivity contribution in [1.29, 1.82) is 0 Å². The van der Waals surface area contributed by atoms with Crippen molar-refractivity contribution in [2.45, 2.75) is 38.2 Å². The average molecular weight is 246 g/mol. The van der Waals surface area contributed by atoms with Crippen LogP contribution >= 0.6 is 0 Å². The summed E-state index contributed by atoms with van der Waals surface area (Å²) < 4.78 is 5.35. The van der Waals surface area contributed by atoms with E-state index in [4.69, 9.17) is 4.74 Å². The van der Waals surface area contributed by atoms with Crippen LogP contribution in [-0.2, 0) is 9.53 Å². The van der Waals surface area contributed by atoms with Gasteiger partial charge in [-0.05, 0) is 37.8 Å². The van der Waals surface area contributed by atoms with Gasteiger partial charge in [0.15, 0.2) is 0 Å². The van der Waals surface area contributed by atoms with E-state index < -0.39 is 0 Å². The lowest BCUT2D eigenvalue weighted by Crippen LogP contribution is -2.19. The van der Waals surface area contributed by atoms with E-state index in [9.17, 15) is 9.90 Å². The predicted octanol–water partition coefficient (Wildman–Crippen LogP) is 3.28. The molecule has 96 valence electrons. The van der Waals surface area contributed by atoms with E-state index in [2.05, 4.69) is 0 Å². The molecule has 2 rings (SSSR count). The number of hydrogen-bond donors (Lipinski definition) is 1. The van der Waals surface area contributed by atoms with Crippen LogP contribution in [0.3, 0.4) is 0 Å². The molecule has 0 atom stereocenters. The molecule has 3 nitrogen and oxygen atoms in total. The molecule has 0 unspecified atom stereocenters. The molecule has 0 amide bonds. The van der Waals surface area contributed by atoms with Crippen LogP contribution < -0.4 is 0 Å². The molecule has 0 bridgehead atoms. The lowest BCUT2D eigenvalue weighted by molar-refractivity contribution is -0.144. The third-order valence-corrected chi connectivity index (χ3v) is 3.17. The van der Waals surface area contributed by atoms with Crippen molar-refractivity contribution in [3.8, 4) is 5.75 Å². The van der Waals surface area contributed by atoms with Gasteiger partial charge in [0.05, 0.1) is 0 Å². The van der Waals surface area contributed by atoms with Gasteiger partial charge < -0.3 is 9.84 Å². The second-order valence-corrected chi connectivity index (χ2v) is 4.59. The highest BCUT2D eigenvalue weighted by Crippen LogP contribution is 2.21. The summed E-state index contributed by atoms with van der Waals surface area (Å²) in [7, 11) is 0. The summed E-state index contributed by atoms with van der Waals surface area (Å²) in [6.45, 7) is 0. The summed E-state index contributed by atoms with van der Waals surface area (Å²) in [5, 5.41) is 9.54. The molecule has 1 fully saturated rings. The summed E-state index contributed by atoms with van der Waals surface area (Å²) in [5.74, 6) is -0.163. The van der Waals surface area contributed by atoms with Gasteiger partial charge in [-0.3, -0.25) is 0 Å². The molecule has 18 heavy (non-hydrogen) atoms. The Morgan fingerprint density at radius 2 is 1.94 bits per heavy atom. The highest BCUT2D eigenvalue weighted by Gasteiger charge is 2.16. The van der Waals surface area contributed by atoms with Gasteiger partial charge in [0, 0.05) is 11.6 Å². The monoisotopic (exact) mass is 246 g/mol. The van der Waals surface area contributed by atoms with Crippen molar-refractivity contribution < 1.29 is 14.6 Å². The fourth-order valence-electron chi connectivity index (χ4n) is 2.17. The predicted molar refractivity (Wildman–Crippen MR) is 70.1 cm³/mol. The zero-order chi connectivity index (χ0) is 12.8. The molecule has 1 aliphatic rings. The summed E-state index contributed by atoms with van der Waals surface area (Å²) in [5.41, 5.74) is 0.623. The number of aromatic hydroxyl groups is 1. The summed E-state index contributed by atoms with van der Waals surface area (Å²) >= 11 is 0. The summed E-state index contributed by atoms with van der Waals surface area (Å²) in [6.07, 6.45) is 8.49. The minimum atomic E-state index is -0.329. The number of carbonyl (C=O) groups is 1. The molecule has 0 heterocycles. The maximum atomic E-state index is 11.6. The van der Waals surface area contributed by atoms with Crippen molar-refractivity contribution in [1.82, 2.24) is 0 Å². The molecular weight excluding hydrogens is 228 g/mol. The van der Waals surface area contributed by atoms with Gasteiger partial charge in [0.25, 0.3) is 0 Å². The Bertz CT molecular complexity index is 431. The van der Waals surface area contributed by atoms with Crippen LogP contribution in [0.15, 0.2) is 30.3 Å². The molecular formula is C15H18O3. The largest absolute Gasteiger partial charge is 0.507 e. The topological polar surface area (TPSA) is 46.5 Å². The molecule has 1 aromatic carbocycles. The van der Waals surface area contributed by atoms with Gasteiger partial charge in [-0.25, -0.2) is 4.79 Å². The maximum Gasteiger partial charge on any atom is 0.331 e. The van der Waals surface area contributed by atoms with Crippen LogP contribution in [0.4, 0.5) is 0 Å². The van der Waals surface area contributed by atoms with E-state index in [1.54, 1.807) is 24.3 Å². The molecule has 0 aromatic heterocycles. The van der Waals surface area contributed by atoms with Crippen LogP contribution in [0.25, 0.3) is 6.08 Å². The Labute approximate surface area is 107 Å². The molecule has 1 aromatic rings. The van der Waals surface area contributed by atoms with Crippen molar-refractivity contribution in [2.75, 3.05) is 0 Å². The first kappa shape index (κ1) is 12.7. The average Bonchev–Trinajstić information content (AvgIpc) is 2.39. The third kappa shape index (κ3) is 3.62. The minimum Gasteiger partial charge on any atom is -0.507 e. The smallest absolute Gasteiger partial charge is 0.331 e. The van der Waals surface area contributed by atoms with Crippen LogP contribution in [0, 0.1) is 0 Å². The Balaban J connectivity index is 1.88. The fourth-order valence-corrected chi connectivity index (χ4v) is 2.17. The first-order chi connectivity index (χ1) is 8.75. The molecule has 0 aliphatic heterocycles. The molecule has 0 radical (unpaired) electrons. The molecule has 0 spiro atoms. The van der Waals surface area contributed by atoms with Crippen LogP contribution in [-0.4, -0.2) is 17.2 Å². The second-order valence-electron chi connectivity index (χ2n) is 4.59. The number of phenols is 1. The number of esters is 1. The van der Waals surface area contributed by atoms with E-state index in [1.807, 2.05) is 6.07 Å². The van der Waals surface area contributed by atoms with E-state index in [-0.39, 0.29) is 17.8 Å². The van der Waals surface area contributed by atoms with Crippen LogP contribution in [0.2, 0.25) is 0 Å². The van der Waals surface area contributed by atoms with Crippen molar-refractivity contribution in [3.05, 3.63) is 35.9 Å². The summed E-state index contributed by atoms with van der Waals surface area (Å²) in [4.78, 5) is 11.6. The second kappa shape index (κ2) is 6.24. The van der Waals surface area contributed by atoms with E-state index >= 15 is 0 Å². The quantitative estimate of drug-likeness (QED) is 0.657. The van der Waals surface area contributed by atoms with Crippen molar-refractivity contribution >= 4 is 12.0 Å². The van der Waals surface area contributed by atoms with Crippen LogP contribution in [0.1, 0.15) is 37.7 Å². The Morgan fingerprint density at radius 3 is 2.67 bits per heavy atom. The molecule has 1 aliphatic carbocycles. The number of phenolic OH excluding ortho intramolecular Hbond substituents is 1. The lowest BCUT2D eigenvalue weighted by Gasteiger charge is -2.20. The standard InChI is InChI=1S/C15H18O3/c16-14-9-5-4-6-12(14)10-11-15(17)18-13-7-2-1-3-8-13/h4-6,9-11,13,16H,1-3,7-8H2. The highest BCUT2D eigenvalue weighted by molar-refractivity contribution is 5.87. The van der Waals surface area contributed by atoms with E-state index in [1.165, 1.54) is 12.5 Å². The normalized spacial score (nSPS) is 16.9. The number of benzene rings is 1. The SMILES string of the molecule is O=C(C=Cc1ccccc1O)OC1CCCCC1. The molecule has 1 N–H and O–H groups in total. The zero-order valence-electron chi connectivity index (χ0n) is 10.3. The maximum absolute atomic E-state index is 11.6. The zero-order valence-corrected chi connectivity index (χ0v) is 10.3. The minimum absolute atomic E-state index is 0.0697. The van der Waals surface area contributed by atoms with Gasteiger partial charge in [-0.2, -0.15) is 0 Å². The fraction of sp³-hybridized carbons (Fsp3) is 0.400. The van der Waals surface area contributed by atoms with Crippen LogP contribution in [0.5, 0.6) is 5.75 Å². The van der Waals surface area contributed by atoms with Gasteiger partial charge in [0.1, 0.15) is 11.9 Å². The first-order valence-electron chi connectivity index (χ1n) is 6.42. The van der Waals surface area contributed by atoms with Gasteiger partial charge in [0.2, 0.25) is 0 Å². The molecule has 1 saturated carbocycles. The number of para-hydroxylation sites is 1. The number of carbonyl (C=O) groups excluding carboxylic acids is 1. The van der Waals surface area contributed by atoms with Gasteiger partial charge >= 0.3 is 5.97 Å². The highest BCUT2D eigenvalue weighted by atomic mass is 16.5. The van der Waals surface area contributed by atoms with Gasteiger partial charge in [-0.1, -0.05) is 24.6 Å². The van der Waals surface area contributed by atoms with Gasteiger partial charge in [-0.15, -0.1) is 0 Å². The number of ether oxygens (including phenoxy) is 1. The lowest BCUT2D eigenvalue weighted by atomic mass is 9.98. The molecule has 0 saturated heterocycles. The third-order valence-electron chi connectivity index (χ3n) is 3.17. The summed E-state index contributed by atoms with van der Waals surface area (Å²) in [6, 6.07) is 6.89. The Kier molecular flexibility index (Phi) is 4.40.